The van der Waals surface area contributed by atoms with Gasteiger partial charge >= 0.3 is 0 Å². The van der Waals surface area contributed by atoms with Crippen LogP contribution in [0, 0.1) is 0 Å². The summed E-state index contributed by atoms with van der Waals surface area (Å²) in [5.74, 6) is 0.627. The van der Waals surface area contributed by atoms with Gasteiger partial charge in [-0.2, -0.15) is 0 Å². The van der Waals surface area contributed by atoms with Crippen molar-refractivity contribution >= 4 is 43.4 Å². The van der Waals surface area contributed by atoms with E-state index in [9.17, 15) is 0 Å². The molecule has 0 atom stereocenters. The Bertz CT molecular complexity index is 3230. The molecule has 1 heterocycles. The molecule has 0 amide bonds. The Morgan fingerprint density at radius 2 is 0.632 bits per heavy atom. The van der Waals surface area contributed by atoms with Gasteiger partial charge in [0.2, 0.25) is 5.89 Å². The lowest BCUT2D eigenvalue weighted by molar-refractivity contribution is 0.620. The van der Waals surface area contributed by atoms with Gasteiger partial charge in [-0.3, -0.25) is 0 Å². The molecule has 0 aliphatic carbocycles. The average molecular weight is 726 g/mol. The Labute approximate surface area is 331 Å². The van der Waals surface area contributed by atoms with Crippen molar-refractivity contribution in [3.63, 3.8) is 0 Å². The molecule has 0 fully saturated rings. The van der Waals surface area contributed by atoms with E-state index in [1.807, 2.05) is 24.3 Å². The van der Waals surface area contributed by atoms with Gasteiger partial charge < -0.3 is 4.42 Å². The summed E-state index contributed by atoms with van der Waals surface area (Å²) < 4.78 is 6.13. The number of hydrogen-bond donors (Lipinski definition) is 0. The molecule has 2 nitrogen and oxygen atoms in total. The number of nitrogens with zero attached hydrogens (tertiary/aromatic N) is 1. The third kappa shape index (κ3) is 5.96. The zero-order valence-electron chi connectivity index (χ0n) is 31.1. The van der Waals surface area contributed by atoms with Crippen LogP contribution in [-0.4, -0.2) is 4.98 Å². The summed E-state index contributed by atoms with van der Waals surface area (Å²) in [6, 6.07) is 76.3. The minimum Gasteiger partial charge on any atom is -0.436 e. The van der Waals surface area contributed by atoms with Gasteiger partial charge in [0.05, 0.1) is 0 Å². The van der Waals surface area contributed by atoms with E-state index in [-0.39, 0.29) is 0 Å². The Balaban J connectivity index is 1.01. The van der Waals surface area contributed by atoms with E-state index in [2.05, 4.69) is 188 Å². The van der Waals surface area contributed by atoms with Crippen LogP contribution in [0.25, 0.3) is 111 Å². The fraction of sp³-hybridized carbons (Fsp3) is 0. The highest BCUT2D eigenvalue weighted by molar-refractivity contribution is 6.25. The second-order valence-corrected chi connectivity index (χ2v) is 14.7. The SMILES string of the molecule is c1ccc(-c2cc(-c3cccc(-c4cccc(-c5nc6ccccc6o5)c4)c3)cc(-c3cccc(-c4ccc5c6ccccc6c6ccccc6c5c4)c3)c2)cc1. The number of benzene rings is 10. The molecule has 1 aromatic heterocycles. The number of aromatic nitrogens is 1. The number of hydrogen-bond acceptors (Lipinski definition) is 2. The molecule has 0 saturated carbocycles. The Morgan fingerprint density at radius 1 is 0.246 bits per heavy atom. The van der Waals surface area contributed by atoms with Crippen LogP contribution in [-0.2, 0) is 0 Å². The Morgan fingerprint density at radius 3 is 1.21 bits per heavy atom. The lowest BCUT2D eigenvalue weighted by Gasteiger charge is -2.14. The summed E-state index contributed by atoms with van der Waals surface area (Å²) >= 11 is 0. The summed E-state index contributed by atoms with van der Waals surface area (Å²) in [6.07, 6.45) is 0. The zero-order valence-corrected chi connectivity index (χ0v) is 31.1. The normalized spacial score (nSPS) is 11.5. The Kier molecular flexibility index (Phi) is 7.86. The second-order valence-electron chi connectivity index (χ2n) is 14.7. The highest BCUT2D eigenvalue weighted by atomic mass is 16.3. The third-order valence-electron chi connectivity index (χ3n) is 11.2. The first-order valence-corrected chi connectivity index (χ1v) is 19.4. The maximum atomic E-state index is 6.13. The quantitative estimate of drug-likeness (QED) is 0.160. The molecule has 0 aliphatic heterocycles. The van der Waals surface area contributed by atoms with E-state index in [0.29, 0.717) is 5.89 Å². The summed E-state index contributed by atoms with van der Waals surface area (Å²) in [6.45, 7) is 0. The summed E-state index contributed by atoms with van der Waals surface area (Å²) in [4.78, 5) is 4.75. The van der Waals surface area contributed by atoms with E-state index in [0.717, 1.165) is 38.9 Å². The highest BCUT2D eigenvalue weighted by Crippen LogP contribution is 2.39. The van der Waals surface area contributed by atoms with Gasteiger partial charge in [-0.1, -0.05) is 152 Å². The van der Waals surface area contributed by atoms with E-state index < -0.39 is 0 Å². The van der Waals surface area contributed by atoms with Gasteiger partial charge in [0.25, 0.3) is 0 Å². The fourth-order valence-electron chi connectivity index (χ4n) is 8.43. The molecule has 266 valence electrons. The maximum absolute atomic E-state index is 6.13. The van der Waals surface area contributed by atoms with Crippen LogP contribution in [0.15, 0.2) is 217 Å². The summed E-state index contributed by atoms with van der Waals surface area (Å²) in [7, 11) is 0. The van der Waals surface area contributed by atoms with Crippen LogP contribution < -0.4 is 0 Å². The molecule has 0 radical (unpaired) electrons. The number of oxazole rings is 1. The van der Waals surface area contributed by atoms with Crippen molar-refractivity contribution in [2.45, 2.75) is 0 Å². The molecular formula is C55H35NO. The number of fused-ring (bicyclic) bond motifs is 7. The van der Waals surface area contributed by atoms with Crippen molar-refractivity contribution in [1.82, 2.24) is 4.98 Å². The molecule has 0 unspecified atom stereocenters. The molecule has 0 saturated heterocycles. The fourth-order valence-corrected chi connectivity index (χ4v) is 8.43. The van der Waals surface area contributed by atoms with Crippen LogP contribution in [0.5, 0.6) is 0 Å². The molecule has 10 aromatic carbocycles. The minimum absolute atomic E-state index is 0.627. The van der Waals surface area contributed by atoms with Crippen LogP contribution >= 0.6 is 0 Å². The maximum Gasteiger partial charge on any atom is 0.227 e. The van der Waals surface area contributed by atoms with Gasteiger partial charge in [-0.25, -0.2) is 4.98 Å². The lowest BCUT2D eigenvalue weighted by Crippen LogP contribution is -1.88. The minimum atomic E-state index is 0.627. The molecule has 11 aromatic rings. The van der Waals surface area contributed by atoms with Gasteiger partial charge in [0.1, 0.15) is 5.52 Å². The first kappa shape index (κ1) is 32.8. The van der Waals surface area contributed by atoms with Gasteiger partial charge in [0, 0.05) is 5.56 Å². The van der Waals surface area contributed by atoms with Crippen molar-refractivity contribution in [3.8, 4) is 67.1 Å². The standard InChI is InChI=1S/C55H35NO/c1-2-13-36(14-3-1)44-32-45(40-18-10-15-37(29-40)39-17-12-20-43(31-39)55-56-53-25-8-9-26-54(53)57-55)34-46(33-44)41-19-11-16-38(30-41)42-27-28-51-49-23-5-4-21-47(49)48-22-6-7-24-50(48)52(51)35-42/h1-35H. The van der Waals surface area contributed by atoms with Crippen molar-refractivity contribution in [2.24, 2.45) is 0 Å². The number of rotatable bonds is 6. The predicted octanol–water partition coefficient (Wildman–Crippen LogP) is 15.3. The first-order valence-electron chi connectivity index (χ1n) is 19.4. The van der Waals surface area contributed by atoms with Crippen LogP contribution in [0.4, 0.5) is 0 Å². The summed E-state index contributed by atoms with van der Waals surface area (Å²) in [5, 5.41) is 7.71. The molecule has 0 spiro atoms. The van der Waals surface area contributed by atoms with Crippen molar-refractivity contribution in [1.29, 1.82) is 0 Å². The molecule has 11 rings (SSSR count). The number of para-hydroxylation sites is 2. The van der Waals surface area contributed by atoms with Crippen molar-refractivity contribution in [2.75, 3.05) is 0 Å². The third-order valence-corrected chi connectivity index (χ3v) is 11.2. The molecule has 0 bridgehead atoms. The lowest BCUT2D eigenvalue weighted by atomic mass is 9.90. The van der Waals surface area contributed by atoms with Crippen molar-refractivity contribution < 1.29 is 4.42 Å². The second kappa shape index (κ2) is 13.6. The molecular weight excluding hydrogens is 691 g/mol. The van der Waals surface area contributed by atoms with Crippen LogP contribution in [0.3, 0.4) is 0 Å². The van der Waals surface area contributed by atoms with E-state index in [1.165, 1.54) is 65.7 Å². The largest absolute Gasteiger partial charge is 0.436 e. The average Bonchev–Trinajstić information content (AvgIpc) is 3.74. The van der Waals surface area contributed by atoms with Gasteiger partial charge in [0.15, 0.2) is 5.58 Å². The first-order chi connectivity index (χ1) is 28.2. The Hall–Kier alpha value is -7.55. The summed E-state index contributed by atoms with van der Waals surface area (Å²) in [5.41, 5.74) is 14.3. The van der Waals surface area contributed by atoms with E-state index in [4.69, 9.17) is 9.40 Å². The zero-order chi connectivity index (χ0) is 37.7. The van der Waals surface area contributed by atoms with Crippen LogP contribution in [0.1, 0.15) is 0 Å². The monoisotopic (exact) mass is 725 g/mol. The molecule has 57 heavy (non-hydrogen) atoms. The highest BCUT2D eigenvalue weighted by Gasteiger charge is 2.14. The topological polar surface area (TPSA) is 26.0 Å². The van der Waals surface area contributed by atoms with Gasteiger partial charge in [-0.15, -0.1) is 0 Å². The smallest absolute Gasteiger partial charge is 0.227 e. The molecule has 0 aliphatic rings. The van der Waals surface area contributed by atoms with Gasteiger partial charge in [-0.05, 0) is 149 Å². The molecule has 2 heteroatoms. The molecule has 0 N–H and O–H groups in total. The predicted molar refractivity (Wildman–Crippen MR) is 239 cm³/mol. The van der Waals surface area contributed by atoms with E-state index in [1.54, 1.807) is 0 Å². The van der Waals surface area contributed by atoms with Crippen LogP contribution in [0.2, 0.25) is 0 Å². The van der Waals surface area contributed by atoms with E-state index >= 15 is 0 Å². The van der Waals surface area contributed by atoms with Crippen molar-refractivity contribution in [3.05, 3.63) is 212 Å².